The van der Waals surface area contributed by atoms with Gasteiger partial charge in [-0.05, 0) is 19.1 Å². The Kier molecular flexibility index (Phi) is 4.13. The number of nitrogens with zero attached hydrogens (tertiary/aromatic N) is 1. The van der Waals surface area contributed by atoms with E-state index in [-0.39, 0.29) is 16.3 Å². The van der Waals surface area contributed by atoms with E-state index in [2.05, 4.69) is 0 Å². The lowest BCUT2D eigenvalue weighted by Gasteiger charge is -2.22. The number of rotatable bonds is 3. The maximum Gasteiger partial charge on any atom is 0.326 e. The number of anilines is 1. The molecule has 18 heavy (non-hydrogen) atoms. The molecule has 0 radical (unpaired) electrons. The first-order valence-electron chi connectivity index (χ1n) is 5.00. The topological polar surface area (TPSA) is 83.6 Å². The average Bonchev–Trinajstić information content (AvgIpc) is 2.30. The summed E-state index contributed by atoms with van der Waals surface area (Å²) in [4.78, 5) is 23.7. The molecule has 0 aliphatic carbocycles. The molecule has 0 unspecified atom stereocenters. The maximum absolute atomic E-state index is 13.3. The van der Waals surface area contributed by atoms with Gasteiger partial charge in [-0.2, -0.15) is 0 Å². The van der Waals surface area contributed by atoms with Crippen LogP contribution in [-0.2, 0) is 4.79 Å². The minimum Gasteiger partial charge on any atom is -0.480 e. The van der Waals surface area contributed by atoms with Gasteiger partial charge in [0.15, 0.2) is 0 Å². The van der Waals surface area contributed by atoms with E-state index in [1.54, 1.807) is 0 Å². The van der Waals surface area contributed by atoms with E-state index in [4.69, 9.17) is 22.4 Å². The van der Waals surface area contributed by atoms with Gasteiger partial charge < -0.3 is 15.7 Å². The van der Waals surface area contributed by atoms with Crippen LogP contribution in [0.2, 0.25) is 5.02 Å². The molecule has 0 aliphatic heterocycles. The Balaban J connectivity index is 3.11. The molecular formula is C11H12ClFN2O3. The van der Waals surface area contributed by atoms with Crippen molar-refractivity contribution < 1.29 is 19.1 Å². The lowest BCUT2D eigenvalue weighted by molar-refractivity contribution is -0.141. The van der Waals surface area contributed by atoms with Crippen LogP contribution in [0.3, 0.4) is 0 Å². The second kappa shape index (κ2) is 5.22. The second-order valence-electron chi connectivity index (χ2n) is 3.78. The number of halogens is 2. The quantitative estimate of drug-likeness (QED) is 0.820. The average molecular weight is 275 g/mol. The molecule has 0 saturated carbocycles. The highest BCUT2D eigenvalue weighted by Crippen LogP contribution is 2.23. The molecule has 1 atom stereocenters. The van der Waals surface area contributed by atoms with Crippen molar-refractivity contribution in [2.75, 3.05) is 12.8 Å². The summed E-state index contributed by atoms with van der Waals surface area (Å²) in [7, 11) is 1.30. The molecule has 7 heteroatoms. The SMILES string of the molecule is C[C@@H](C(=O)O)N(C)C(=O)c1cc(F)c(N)cc1Cl. The number of carboxylic acids is 1. The van der Waals surface area contributed by atoms with Crippen LogP contribution in [0.1, 0.15) is 17.3 Å². The first kappa shape index (κ1) is 14.2. The lowest BCUT2D eigenvalue weighted by atomic mass is 10.1. The molecule has 0 spiro atoms. The minimum atomic E-state index is -1.17. The molecule has 0 bridgehead atoms. The molecule has 0 heterocycles. The molecule has 1 aromatic rings. The number of aliphatic carboxylic acids is 1. The fourth-order valence-electron chi connectivity index (χ4n) is 1.26. The highest BCUT2D eigenvalue weighted by atomic mass is 35.5. The van der Waals surface area contributed by atoms with Crippen LogP contribution in [0.5, 0.6) is 0 Å². The van der Waals surface area contributed by atoms with E-state index >= 15 is 0 Å². The Bertz CT molecular complexity index is 507. The first-order valence-corrected chi connectivity index (χ1v) is 5.38. The molecule has 0 saturated heterocycles. The molecule has 1 aromatic carbocycles. The maximum atomic E-state index is 13.3. The number of nitrogen functional groups attached to an aromatic ring is 1. The number of carboxylic acid groups (broad SMARTS) is 1. The highest BCUT2D eigenvalue weighted by molar-refractivity contribution is 6.34. The third-order valence-electron chi connectivity index (χ3n) is 2.58. The Morgan fingerprint density at radius 2 is 2.06 bits per heavy atom. The van der Waals surface area contributed by atoms with Gasteiger partial charge in [0.2, 0.25) is 0 Å². The first-order chi connectivity index (χ1) is 8.25. The zero-order valence-electron chi connectivity index (χ0n) is 9.78. The van der Waals surface area contributed by atoms with Crippen LogP contribution >= 0.6 is 11.6 Å². The molecule has 5 nitrogen and oxygen atoms in total. The molecule has 1 amide bonds. The summed E-state index contributed by atoms with van der Waals surface area (Å²) in [6.07, 6.45) is 0. The van der Waals surface area contributed by atoms with E-state index in [9.17, 15) is 14.0 Å². The number of benzene rings is 1. The van der Waals surface area contributed by atoms with Gasteiger partial charge in [0.05, 0.1) is 16.3 Å². The number of likely N-dealkylation sites (N-methyl/N-ethyl adjacent to an activating group) is 1. The molecule has 98 valence electrons. The van der Waals surface area contributed by atoms with Crippen molar-refractivity contribution >= 4 is 29.2 Å². The van der Waals surface area contributed by atoms with Gasteiger partial charge in [-0.15, -0.1) is 0 Å². The number of hydrogen-bond donors (Lipinski definition) is 2. The summed E-state index contributed by atoms with van der Waals surface area (Å²) >= 11 is 5.78. The van der Waals surface area contributed by atoms with E-state index in [1.165, 1.54) is 14.0 Å². The number of carbonyl (C=O) groups excluding carboxylic acids is 1. The van der Waals surface area contributed by atoms with Gasteiger partial charge in [0.25, 0.3) is 5.91 Å². The summed E-state index contributed by atoms with van der Waals surface area (Å²) < 4.78 is 13.3. The summed E-state index contributed by atoms with van der Waals surface area (Å²) in [6, 6.07) is 0.961. The summed E-state index contributed by atoms with van der Waals surface area (Å²) in [6.45, 7) is 1.34. The number of nitrogens with two attached hydrogens (primary N) is 1. The normalized spacial score (nSPS) is 12.0. The Hall–Kier alpha value is -1.82. The largest absolute Gasteiger partial charge is 0.480 e. The van der Waals surface area contributed by atoms with Gasteiger partial charge in [0, 0.05) is 7.05 Å². The van der Waals surface area contributed by atoms with Gasteiger partial charge in [-0.25, -0.2) is 9.18 Å². The van der Waals surface area contributed by atoms with Crippen molar-refractivity contribution in [3.05, 3.63) is 28.5 Å². The number of hydrogen-bond acceptors (Lipinski definition) is 3. The summed E-state index contributed by atoms with van der Waals surface area (Å²) in [5, 5.41) is 8.77. The molecular weight excluding hydrogens is 263 g/mol. The Labute approximate surface area is 108 Å². The van der Waals surface area contributed by atoms with Crippen molar-refractivity contribution in [3.63, 3.8) is 0 Å². The molecule has 0 aliphatic rings. The summed E-state index contributed by atoms with van der Waals surface area (Å²) in [5.41, 5.74) is 4.99. The van der Waals surface area contributed by atoms with Crippen LogP contribution in [0, 0.1) is 5.82 Å². The van der Waals surface area contributed by atoms with Crippen molar-refractivity contribution in [2.24, 2.45) is 0 Å². The Morgan fingerprint density at radius 1 is 1.50 bits per heavy atom. The van der Waals surface area contributed by atoms with Gasteiger partial charge in [-0.3, -0.25) is 4.79 Å². The summed E-state index contributed by atoms with van der Waals surface area (Å²) in [5.74, 6) is -2.63. The fourth-order valence-corrected chi connectivity index (χ4v) is 1.51. The molecule has 0 aromatic heterocycles. The predicted molar refractivity (Wildman–Crippen MR) is 65.0 cm³/mol. The van der Waals surface area contributed by atoms with Crippen molar-refractivity contribution in [1.82, 2.24) is 4.90 Å². The van der Waals surface area contributed by atoms with Crippen LogP contribution < -0.4 is 5.73 Å². The van der Waals surface area contributed by atoms with Gasteiger partial charge in [0.1, 0.15) is 11.9 Å². The van der Waals surface area contributed by atoms with Crippen LogP contribution in [-0.4, -0.2) is 35.0 Å². The third kappa shape index (κ3) is 2.70. The highest BCUT2D eigenvalue weighted by Gasteiger charge is 2.25. The van der Waals surface area contributed by atoms with E-state index in [1.807, 2.05) is 0 Å². The number of carbonyl (C=O) groups is 2. The molecule has 1 rings (SSSR count). The minimum absolute atomic E-state index is 0.0247. The van der Waals surface area contributed by atoms with Crippen molar-refractivity contribution in [1.29, 1.82) is 0 Å². The number of amides is 1. The zero-order chi connectivity index (χ0) is 14.0. The zero-order valence-corrected chi connectivity index (χ0v) is 10.5. The monoisotopic (exact) mass is 274 g/mol. The standard InChI is InChI=1S/C11H12ClFN2O3/c1-5(11(17)18)15(2)10(16)6-3-8(13)9(14)4-7(6)12/h3-5H,14H2,1-2H3,(H,17,18)/t5-/m0/s1. The van der Waals surface area contributed by atoms with Crippen LogP contribution in [0.4, 0.5) is 10.1 Å². The van der Waals surface area contributed by atoms with Crippen LogP contribution in [0.15, 0.2) is 12.1 Å². The smallest absolute Gasteiger partial charge is 0.326 e. The Morgan fingerprint density at radius 3 is 2.56 bits per heavy atom. The van der Waals surface area contributed by atoms with Crippen molar-refractivity contribution in [2.45, 2.75) is 13.0 Å². The van der Waals surface area contributed by atoms with E-state index in [0.29, 0.717) is 0 Å². The third-order valence-corrected chi connectivity index (χ3v) is 2.89. The van der Waals surface area contributed by atoms with Crippen LogP contribution in [0.25, 0.3) is 0 Å². The molecule has 0 fully saturated rings. The van der Waals surface area contributed by atoms with Gasteiger partial charge >= 0.3 is 5.97 Å². The molecule has 3 N–H and O–H groups in total. The predicted octanol–water partition coefficient (Wildman–Crippen LogP) is 1.61. The van der Waals surface area contributed by atoms with E-state index in [0.717, 1.165) is 17.0 Å². The second-order valence-corrected chi connectivity index (χ2v) is 4.19. The van der Waals surface area contributed by atoms with Crippen molar-refractivity contribution in [3.8, 4) is 0 Å². The van der Waals surface area contributed by atoms with Gasteiger partial charge in [-0.1, -0.05) is 11.6 Å². The fraction of sp³-hybridized carbons (Fsp3) is 0.273. The lowest BCUT2D eigenvalue weighted by Crippen LogP contribution is -2.40. The van der Waals surface area contributed by atoms with E-state index < -0.39 is 23.7 Å².